The molecule has 0 radical (unpaired) electrons. The number of hydrogen-bond acceptors (Lipinski definition) is 4. The Morgan fingerprint density at radius 1 is 0.897 bits per heavy atom. The molecule has 4 heteroatoms. The summed E-state index contributed by atoms with van der Waals surface area (Å²) in [6.07, 6.45) is 2.38. The lowest BCUT2D eigenvalue weighted by Gasteiger charge is -2.42. The molecule has 0 amide bonds. The number of carbonyl (C=O) groups excluding carboxylic acids is 2. The summed E-state index contributed by atoms with van der Waals surface area (Å²) in [4.78, 5) is 26.5. The van der Waals surface area contributed by atoms with E-state index in [-0.39, 0.29) is 28.3 Å². The number of ketones is 2. The molecule has 3 aliphatic rings. The molecule has 4 nitrogen and oxygen atoms in total. The number of Topliss-reactive ketones (excluding diaryl/α,β-unsaturated/α-hetero) is 2. The molecule has 0 unspecified atom stereocenters. The standard InChI is InChI=1S/C25H30O4/c1-14-9-15(7-8-18(14)28-6)21-22-16(26)10-24(2,3)12-19(22)29-20-13-25(4,5)11-17(27)23(20)21/h7-9,21H,10-13H2,1-6H3. The van der Waals surface area contributed by atoms with Gasteiger partial charge < -0.3 is 9.47 Å². The van der Waals surface area contributed by atoms with Crippen molar-refractivity contribution in [2.45, 2.75) is 66.2 Å². The van der Waals surface area contributed by atoms with E-state index in [1.165, 1.54) is 0 Å². The minimum absolute atomic E-state index is 0.0962. The van der Waals surface area contributed by atoms with Crippen molar-refractivity contribution in [2.24, 2.45) is 10.8 Å². The van der Waals surface area contributed by atoms with Crippen LogP contribution in [0.2, 0.25) is 0 Å². The van der Waals surface area contributed by atoms with Crippen molar-refractivity contribution >= 4 is 11.6 Å². The molecule has 1 aromatic rings. The summed E-state index contributed by atoms with van der Waals surface area (Å²) >= 11 is 0. The summed E-state index contributed by atoms with van der Waals surface area (Å²) in [7, 11) is 1.65. The first kappa shape index (κ1) is 19.9. The Kier molecular flexibility index (Phi) is 4.52. The van der Waals surface area contributed by atoms with Crippen molar-refractivity contribution in [1.29, 1.82) is 0 Å². The van der Waals surface area contributed by atoms with Gasteiger partial charge in [0.05, 0.1) is 7.11 Å². The Morgan fingerprint density at radius 3 is 1.86 bits per heavy atom. The quantitative estimate of drug-likeness (QED) is 0.673. The van der Waals surface area contributed by atoms with Gasteiger partial charge in [-0.05, 0) is 34.9 Å². The second kappa shape index (κ2) is 6.58. The largest absolute Gasteiger partial charge is 0.496 e. The second-order valence-electron chi connectivity index (χ2n) is 10.3. The first-order chi connectivity index (χ1) is 13.5. The molecule has 4 rings (SSSR count). The zero-order valence-corrected chi connectivity index (χ0v) is 18.3. The molecule has 1 heterocycles. The van der Waals surface area contributed by atoms with Crippen LogP contribution < -0.4 is 4.74 Å². The molecule has 1 aliphatic heterocycles. The highest BCUT2D eigenvalue weighted by Gasteiger charge is 2.47. The van der Waals surface area contributed by atoms with E-state index < -0.39 is 0 Å². The lowest BCUT2D eigenvalue weighted by molar-refractivity contribution is -0.120. The normalized spacial score (nSPS) is 23.5. The summed E-state index contributed by atoms with van der Waals surface area (Å²) in [5, 5.41) is 0. The first-order valence-corrected chi connectivity index (χ1v) is 10.4. The van der Waals surface area contributed by atoms with E-state index in [0.717, 1.165) is 28.4 Å². The van der Waals surface area contributed by atoms with Gasteiger partial charge in [0.15, 0.2) is 11.6 Å². The second-order valence-corrected chi connectivity index (χ2v) is 10.3. The van der Waals surface area contributed by atoms with Gasteiger partial charge in [-0.1, -0.05) is 39.8 Å². The number of aryl methyl sites for hydroxylation is 1. The third-order valence-corrected chi connectivity index (χ3v) is 6.33. The lowest BCUT2D eigenvalue weighted by Crippen LogP contribution is -2.37. The fourth-order valence-electron chi connectivity index (χ4n) is 5.09. The monoisotopic (exact) mass is 394 g/mol. The molecule has 0 saturated heterocycles. The van der Waals surface area contributed by atoms with Gasteiger partial charge in [0.25, 0.3) is 0 Å². The Balaban J connectivity index is 1.91. The maximum Gasteiger partial charge on any atom is 0.163 e. The number of rotatable bonds is 2. The van der Waals surface area contributed by atoms with Gasteiger partial charge in [-0.2, -0.15) is 0 Å². The predicted molar refractivity (Wildman–Crippen MR) is 112 cm³/mol. The smallest absolute Gasteiger partial charge is 0.163 e. The van der Waals surface area contributed by atoms with Crippen molar-refractivity contribution in [1.82, 2.24) is 0 Å². The van der Waals surface area contributed by atoms with Crippen LogP contribution in [0.5, 0.6) is 5.75 Å². The van der Waals surface area contributed by atoms with Gasteiger partial charge in [0.1, 0.15) is 17.3 Å². The maximum absolute atomic E-state index is 13.2. The van der Waals surface area contributed by atoms with Crippen LogP contribution in [-0.4, -0.2) is 18.7 Å². The molecule has 154 valence electrons. The summed E-state index contributed by atoms with van der Waals surface area (Å²) in [6, 6.07) is 5.95. The lowest BCUT2D eigenvalue weighted by atomic mass is 9.65. The average molecular weight is 395 g/mol. The summed E-state index contributed by atoms with van der Waals surface area (Å²) in [6.45, 7) is 10.4. The molecule has 0 spiro atoms. The van der Waals surface area contributed by atoms with Gasteiger partial charge in [-0.25, -0.2) is 0 Å². The van der Waals surface area contributed by atoms with Gasteiger partial charge in [-0.3, -0.25) is 9.59 Å². The summed E-state index contributed by atoms with van der Waals surface area (Å²) in [5.74, 6) is 2.17. The Bertz CT molecular complexity index is 923. The summed E-state index contributed by atoms with van der Waals surface area (Å²) < 4.78 is 11.7. The Hall–Kier alpha value is -2.36. The summed E-state index contributed by atoms with van der Waals surface area (Å²) in [5.41, 5.74) is 3.05. The maximum atomic E-state index is 13.2. The minimum atomic E-state index is -0.342. The molecule has 0 atom stereocenters. The fourth-order valence-corrected chi connectivity index (χ4v) is 5.09. The molecule has 0 aromatic heterocycles. The number of benzene rings is 1. The van der Waals surface area contributed by atoms with Crippen molar-refractivity contribution in [3.05, 3.63) is 52.0 Å². The molecule has 0 N–H and O–H groups in total. The molecular weight excluding hydrogens is 364 g/mol. The number of hydrogen-bond donors (Lipinski definition) is 0. The van der Waals surface area contributed by atoms with Gasteiger partial charge >= 0.3 is 0 Å². The average Bonchev–Trinajstić information content (AvgIpc) is 2.57. The van der Waals surface area contributed by atoms with E-state index in [9.17, 15) is 9.59 Å². The minimum Gasteiger partial charge on any atom is -0.496 e. The van der Waals surface area contributed by atoms with E-state index >= 15 is 0 Å². The highest BCUT2D eigenvalue weighted by Crippen LogP contribution is 2.53. The van der Waals surface area contributed by atoms with E-state index in [0.29, 0.717) is 36.8 Å². The van der Waals surface area contributed by atoms with Crippen LogP contribution >= 0.6 is 0 Å². The van der Waals surface area contributed by atoms with Crippen LogP contribution in [0.1, 0.15) is 70.4 Å². The number of methoxy groups -OCH3 is 1. The van der Waals surface area contributed by atoms with E-state index in [1.807, 2.05) is 25.1 Å². The van der Waals surface area contributed by atoms with Crippen molar-refractivity contribution < 1.29 is 19.1 Å². The number of allylic oxidation sites excluding steroid dienone is 4. The molecule has 0 bridgehead atoms. The molecular formula is C25H30O4. The van der Waals surface area contributed by atoms with Gasteiger partial charge in [0, 0.05) is 42.7 Å². The molecule has 0 saturated carbocycles. The van der Waals surface area contributed by atoms with E-state index in [2.05, 4.69) is 27.7 Å². The third-order valence-electron chi connectivity index (χ3n) is 6.33. The van der Waals surface area contributed by atoms with Crippen LogP contribution in [0.15, 0.2) is 40.9 Å². The van der Waals surface area contributed by atoms with Crippen LogP contribution in [0.25, 0.3) is 0 Å². The zero-order chi connectivity index (χ0) is 21.1. The van der Waals surface area contributed by atoms with Crippen LogP contribution in [0, 0.1) is 17.8 Å². The highest BCUT2D eigenvalue weighted by molar-refractivity contribution is 6.06. The zero-order valence-electron chi connectivity index (χ0n) is 18.3. The van der Waals surface area contributed by atoms with Crippen LogP contribution in [-0.2, 0) is 14.3 Å². The SMILES string of the molecule is COc1ccc(C2C3=C(CC(C)(C)CC3=O)OC3=C2C(=O)CC(C)(C)C3)cc1C. The van der Waals surface area contributed by atoms with Crippen LogP contribution in [0.4, 0.5) is 0 Å². The fraction of sp³-hybridized carbons (Fsp3) is 0.520. The van der Waals surface area contributed by atoms with Gasteiger partial charge in [-0.15, -0.1) is 0 Å². The highest BCUT2D eigenvalue weighted by atomic mass is 16.5. The van der Waals surface area contributed by atoms with Crippen LogP contribution in [0.3, 0.4) is 0 Å². The Labute approximate surface area is 173 Å². The van der Waals surface area contributed by atoms with Crippen molar-refractivity contribution in [3.8, 4) is 5.75 Å². The van der Waals surface area contributed by atoms with Gasteiger partial charge in [0.2, 0.25) is 0 Å². The van der Waals surface area contributed by atoms with E-state index in [4.69, 9.17) is 9.47 Å². The predicted octanol–water partition coefficient (Wildman–Crippen LogP) is 5.40. The molecule has 2 aliphatic carbocycles. The number of carbonyl (C=O) groups is 2. The molecule has 0 fully saturated rings. The first-order valence-electron chi connectivity index (χ1n) is 10.4. The Morgan fingerprint density at radius 2 is 1.41 bits per heavy atom. The van der Waals surface area contributed by atoms with E-state index in [1.54, 1.807) is 7.11 Å². The third kappa shape index (κ3) is 3.43. The number of ether oxygens (including phenoxy) is 2. The van der Waals surface area contributed by atoms with Crippen molar-refractivity contribution in [2.75, 3.05) is 7.11 Å². The molecule has 1 aromatic carbocycles. The molecule has 29 heavy (non-hydrogen) atoms. The topological polar surface area (TPSA) is 52.6 Å². The van der Waals surface area contributed by atoms with Crippen molar-refractivity contribution in [3.63, 3.8) is 0 Å².